The molecule has 2 unspecified atom stereocenters. The molecule has 0 aromatic carbocycles. The molecule has 1 fully saturated rings. The van der Waals surface area contributed by atoms with Gasteiger partial charge in [0.05, 0.1) is 12.3 Å². The van der Waals surface area contributed by atoms with Gasteiger partial charge in [0, 0.05) is 19.0 Å². The van der Waals surface area contributed by atoms with Gasteiger partial charge in [0.25, 0.3) is 5.91 Å². The van der Waals surface area contributed by atoms with Crippen molar-refractivity contribution in [1.29, 1.82) is 0 Å². The molecular formula is C17H20N2O6. The number of amides is 1. The monoisotopic (exact) mass is 348 g/mol. The minimum absolute atomic E-state index is 0.0499. The van der Waals surface area contributed by atoms with Gasteiger partial charge in [0.15, 0.2) is 5.76 Å². The van der Waals surface area contributed by atoms with Crippen molar-refractivity contribution in [3.05, 3.63) is 52.2 Å². The van der Waals surface area contributed by atoms with Gasteiger partial charge in [0.2, 0.25) is 0 Å². The molecule has 1 aliphatic heterocycles. The SMILES string of the molecule is O=C(c1ccc([N+](=O)[O-])o1)N1CCCCCC1CC(O)c1ccco1. The Labute approximate surface area is 144 Å². The predicted octanol–water partition coefficient (Wildman–Crippen LogP) is 3.29. The molecule has 1 N–H and O–H groups in total. The van der Waals surface area contributed by atoms with E-state index in [1.807, 2.05) is 0 Å². The Morgan fingerprint density at radius 3 is 2.88 bits per heavy atom. The number of furan rings is 2. The third kappa shape index (κ3) is 3.90. The van der Waals surface area contributed by atoms with Gasteiger partial charge in [-0.25, -0.2) is 0 Å². The van der Waals surface area contributed by atoms with Gasteiger partial charge < -0.3 is 18.8 Å². The van der Waals surface area contributed by atoms with Crippen LogP contribution in [0, 0.1) is 10.1 Å². The van der Waals surface area contributed by atoms with Crippen molar-refractivity contribution in [2.45, 2.75) is 44.2 Å². The Kier molecular flexibility index (Phi) is 5.18. The lowest BCUT2D eigenvalue weighted by Crippen LogP contribution is -2.40. The molecule has 1 aliphatic rings. The summed E-state index contributed by atoms with van der Waals surface area (Å²) < 4.78 is 10.3. The number of carbonyl (C=O) groups excluding carboxylic acids is 1. The number of hydrogen-bond donors (Lipinski definition) is 1. The van der Waals surface area contributed by atoms with Crippen LogP contribution < -0.4 is 0 Å². The molecule has 2 aromatic rings. The highest BCUT2D eigenvalue weighted by Gasteiger charge is 2.31. The number of carbonyl (C=O) groups is 1. The third-order valence-corrected chi connectivity index (χ3v) is 4.49. The molecule has 0 bridgehead atoms. The zero-order valence-corrected chi connectivity index (χ0v) is 13.7. The summed E-state index contributed by atoms with van der Waals surface area (Å²) in [4.78, 5) is 24.5. The number of nitro groups is 1. The summed E-state index contributed by atoms with van der Waals surface area (Å²) in [5.41, 5.74) is 0. The predicted molar refractivity (Wildman–Crippen MR) is 86.9 cm³/mol. The Balaban J connectivity index is 1.77. The van der Waals surface area contributed by atoms with E-state index in [9.17, 15) is 20.0 Å². The summed E-state index contributed by atoms with van der Waals surface area (Å²) in [6.45, 7) is 0.531. The van der Waals surface area contributed by atoms with E-state index < -0.39 is 16.9 Å². The summed E-state index contributed by atoms with van der Waals surface area (Å²) in [6, 6.07) is 5.72. The molecule has 0 radical (unpaired) electrons. The molecule has 134 valence electrons. The van der Waals surface area contributed by atoms with Gasteiger partial charge in [0.1, 0.15) is 16.8 Å². The average molecular weight is 348 g/mol. The van der Waals surface area contributed by atoms with Crippen molar-refractivity contribution in [3.8, 4) is 0 Å². The van der Waals surface area contributed by atoms with Crippen molar-refractivity contribution in [2.75, 3.05) is 6.54 Å². The lowest BCUT2D eigenvalue weighted by molar-refractivity contribution is -0.402. The fourth-order valence-corrected chi connectivity index (χ4v) is 3.23. The van der Waals surface area contributed by atoms with Crippen molar-refractivity contribution in [2.24, 2.45) is 0 Å². The van der Waals surface area contributed by atoms with Crippen LogP contribution in [0.25, 0.3) is 0 Å². The Bertz CT molecular complexity index is 723. The summed E-state index contributed by atoms with van der Waals surface area (Å²) in [6.07, 6.45) is 4.60. The molecule has 0 saturated carbocycles. The van der Waals surface area contributed by atoms with Crippen molar-refractivity contribution >= 4 is 11.8 Å². The molecule has 1 saturated heterocycles. The molecule has 8 heteroatoms. The molecule has 0 spiro atoms. The van der Waals surface area contributed by atoms with Crippen LogP contribution in [0.1, 0.15) is 54.5 Å². The van der Waals surface area contributed by atoms with Crippen molar-refractivity contribution in [3.63, 3.8) is 0 Å². The van der Waals surface area contributed by atoms with Crippen LogP contribution in [-0.4, -0.2) is 33.4 Å². The highest BCUT2D eigenvalue weighted by atomic mass is 16.6. The Morgan fingerprint density at radius 1 is 1.36 bits per heavy atom. The first kappa shape index (κ1) is 17.2. The van der Waals surface area contributed by atoms with Crippen LogP contribution in [0.4, 0.5) is 5.88 Å². The maximum absolute atomic E-state index is 12.8. The highest BCUT2D eigenvalue weighted by Crippen LogP contribution is 2.28. The molecule has 0 aliphatic carbocycles. The topological polar surface area (TPSA) is 110 Å². The minimum atomic E-state index is -0.806. The van der Waals surface area contributed by atoms with Crippen LogP contribution in [0.5, 0.6) is 0 Å². The van der Waals surface area contributed by atoms with Gasteiger partial charge in [-0.1, -0.05) is 12.8 Å². The van der Waals surface area contributed by atoms with E-state index in [1.165, 1.54) is 18.4 Å². The number of hydrogen-bond acceptors (Lipinski definition) is 6. The van der Waals surface area contributed by atoms with Crippen LogP contribution in [0.3, 0.4) is 0 Å². The first-order valence-electron chi connectivity index (χ1n) is 8.33. The molecule has 2 atom stereocenters. The lowest BCUT2D eigenvalue weighted by atomic mass is 10.0. The molecule has 1 amide bonds. The van der Waals surface area contributed by atoms with Crippen molar-refractivity contribution < 1.29 is 23.7 Å². The quantitative estimate of drug-likeness (QED) is 0.656. The Morgan fingerprint density at radius 2 is 2.20 bits per heavy atom. The molecule has 3 heterocycles. The van der Waals surface area contributed by atoms with Gasteiger partial charge in [-0.05, 0) is 31.0 Å². The summed E-state index contributed by atoms with van der Waals surface area (Å²) >= 11 is 0. The second kappa shape index (κ2) is 7.52. The van der Waals surface area contributed by atoms with Gasteiger partial charge in [-0.15, -0.1) is 0 Å². The van der Waals surface area contributed by atoms with Crippen LogP contribution in [-0.2, 0) is 0 Å². The first-order chi connectivity index (χ1) is 12.1. The third-order valence-electron chi connectivity index (χ3n) is 4.49. The summed E-state index contributed by atoms with van der Waals surface area (Å²) in [5.74, 6) is -0.423. The average Bonchev–Trinajstić information content (AvgIpc) is 3.24. The fraction of sp³-hybridized carbons (Fsp3) is 0.471. The van der Waals surface area contributed by atoms with Gasteiger partial charge >= 0.3 is 5.88 Å². The number of aliphatic hydroxyl groups excluding tert-OH is 1. The maximum atomic E-state index is 12.8. The lowest BCUT2D eigenvalue weighted by Gasteiger charge is -2.30. The smallest absolute Gasteiger partial charge is 0.433 e. The largest absolute Gasteiger partial charge is 0.467 e. The molecule has 3 rings (SSSR count). The molecule has 8 nitrogen and oxygen atoms in total. The van der Waals surface area contributed by atoms with E-state index in [0.717, 1.165) is 25.7 Å². The normalized spacial score (nSPS) is 19.4. The molecule has 25 heavy (non-hydrogen) atoms. The maximum Gasteiger partial charge on any atom is 0.433 e. The van der Waals surface area contributed by atoms with E-state index in [1.54, 1.807) is 17.0 Å². The van der Waals surface area contributed by atoms with E-state index in [2.05, 4.69) is 0 Å². The second-order valence-corrected chi connectivity index (χ2v) is 6.16. The number of rotatable bonds is 5. The number of likely N-dealkylation sites (tertiary alicyclic amines) is 1. The number of aliphatic hydroxyl groups is 1. The fourth-order valence-electron chi connectivity index (χ4n) is 3.23. The van der Waals surface area contributed by atoms with Crippen molar-refractivity contribution in [1.82, 2.24) is 4.90 Å². The Hall–Kier alpha value is -2.61. The second-order valence-electron chi connectivity index (χ2n) is 6.16. The highest BCUT2D eigenvalue weighted by molar-refractivity contribution is 5.92. The van der Waals surface area contributed by atoms with Crippen LogP contribution >= 0.6 is 0 Å². The molecular weight excluding hydrogens is 328 g/mol. The summed E-state index contributed by atoms with van der Waals surface area (Å²) in [5, 5.41) is 21.1. The van der Waals surface area contributed by atoms with E-state index in [4.69, 9.17) is 8.83 Å². The van der Waals surface area contributed by atoms with Gasteiger partial charge in [-0.2, -0.15) is 0 Å². The summed E-state index contributed by atoms with van der Waals surface area (Å²) in [7, 11) is 0. The van der Waals surface area contributed by atoms with Crippen LogP contribution in [0.15, 0.2) is 39.4 Å². The standard InChI is InChI=1S/C17H20N2O6/c20-13(14-6-4-10-24-14)11-12-5-2-1-3-9-18(12)17(21)15-7-8-16(25-15)19(22)23/h4,6-8,10,12-13,20H,1-3,5,9,11H2. The zero-order valence-electron chi connectivity index (χ0n) is 13.7. The van der Waals surface area contributed by atoms with Crippen LogP contribution in [0.2, 0.25) is 0 Å². The first-order valence-corrected chi connectivity index (χ1v) is 8.33. The van der Waals surface area contributed by atoms with E-state index in [-0.39, 0.29) is 17.7 Å². The van der Waals surface area contributed by atoms with E-state index >= 15 is 0 Å². The zero-order chi connectivity index (χ0) is 17.8. The van der Waals surface area contributed by atoms with Gasteiger partial charge in [-0.3, -0.25) is 14.9 Å². The minimum Gasteiger partial charge on any atom is -0.467 e. The molecule has 2 aromatic heterocycles. The number of nitrogens with zero attached hydrogens (tertiary/aromatic N) is 2. The van der Waals surface area contributed by atoms with E-state index in [0.29, 0.717) is 18.7 Å².